The molecule has 9 nitrogen and oxygen atoms in total. The number of nitrogens with one attached hydrogen (secondary N) is 2. The molecule has 0 fully saturated rings. The van der Waals surface area contributed by atoms with E-state index >= 15 is 0 Å². The molecule has 3 atom stereocenters. The number of amides is 2. The van der Waals surface area contributed by atoms with Gasteiger partial charge in [0.1, 0.15) is 12.1 Å². The Morgan fingerprint density at radius 1 is 1.09 bits per heavy atom. The Balaban J connectivity index is 4.44. The van der Waals surface area contributed by atoms with Gasteiger partial charge in [0, 0.05) is 6.42 Å². The van der Waals surface area contributed by atoms with Gasteiger partial charge < -0.3 is 26.6 Å². The zero-order valence-electron chi connectivity index (χ0n) is 13.1. The van der Waals surface area contributed by atoms with Gasteiger partial charge in [0.2, 0.25) is 11.8 Å². The van der Waals surface area contributed by atoms with Gasteiger partial charge in [-0.2, -0.15) is 11.8 Å². The molecular weight excluding hydrogens is 326 g/mol. The largest absolute Gasteiger partial charge is 0.481 e. The lowest BCUT2D eigenvalue weighted by Crippen LogP contribution is -2.53. The lowest BCUT2D eigenvalue weighted by atomic mass is 10.1. The summed E-state index contributed by atoms with van der Waals surface area (Å²) in [4.78, 5) is 45.1. The van der Waals surface area contributed by atoms with Crippen LogP contribution in [0.2, 0.25) is 0 Å². The summed E-state index contributed by atoms with van der Waals surface area (Å²) in [6, 6.07) is -3.06. The van der Waals surface area contributed by atoms with Crippen molar-refractivity contribution >= 4 is 35.5 Å². The fraction of sp³-hybridized carbons (Fsp3) is 0.692. The molecule has 6 N–H and O–H groups in total. The molecule has 23 heavy (non-hydrogen) atoms. The summed E-state index contributed by atoms with van der Waals surface area (Å²) in [5.74, 6) is -2.96. The Bertz CT molecular complexity index is 445. The summed E-state index contributed by atoms with van der Waals surface area (Å²) < 4.78 is 0. The molecular formula is C13H23N3O6S. The van der Waals surface area contributed by atoms with Gasteiger partial charge in [0.15, 0.2) is 0 Å². The van der Waals surface area contributed by atoms with Gasteiger partial charge in [0.05, 0.1) is 6.04 Å². The smallest absolute Gasteiger partial charge is 0.326 e. The van der Waals surface area contributed by atoms with E-state index in [1.54, 1.807) is 0 Å². The van der Waals surface area contributed by atoms with Crippen LogP contribution in [-0.2, 0) is 19.2 Å². The summed E-state index contributed by atoms with van der Waals surface area (Å²) >= 11 is 1.46. The Hall–Kier alpha value is -1.81. The third kappa shape index (κ3) is 9.04. The maximum Gasteiger partial charge on any atom is 0.326 e. The van der Waals surface area contributed by atoms with Crippen molar-refractivity contribution in [2.45, 2.75) is 44.3 Å². The number of nitrogens with two attached hydrogens (primary N) is 1. The summed E-state index contributed by atoms with van der Waals surface area (Å²) in [5, 5.41) is 22.2. The molecule has 0 saturated heterocycles. The van der Waals surface area contributed by atoms with Crippen LogP contribution in [0.15, 0.2) is 0 Å². The molecule has 3 unspecified atom stereocenters. The zero-order chi connectivity index (χ0) is 18.0. The van der Waals surface area contributed by atoms with Crippen LogP contribution in [0.4, 0.5) is 0 Å². The van der Waals surface area contributed by atoms with Crippen LogP contribution in [-0.4, -0.2) is 64.1 Å². The minimum absolute atomic E-state index is 0.0546. The van der Waals surface area contributed by atoms with Crippen molar-refractivity contribution in [2.75, 3.05) is 12.0 Å². The topological polar surface area (TPSA) is 159 Å². The highest BCUT2D eigenvalue weighted by molar-refractivity contribution is 7.98. The molecule has 0 aromatic heterocycles. The Labute approximate surface area is 138 Å². The molecule has 0 heterocycles. The lowest BCUT2D eigenvalue weighted by Gasteiger charge is -2.20. The molecule has 0 aromatic rings. The molecule has 0 aliphatic carbocycles. The van der Waals surface area contributed by atoms with Crippen molar-refractivity contribution in [3.05, 3.63) is 0 Å². The van der Waals surface area contributed by atoms with Crippen LogP contribution in [0.1, 0.15) is 26.2 Å². The number of carbonyl (C=O) groups is 4. The molecule has 0 saturated carbocycles. The predicted octanol–water partition coefficient (Wildman–Crippen LogP) is -0.994. The van der Waals surface area contributed by atoms with Crippen molar-refractivity contribution in [3.63, 3.8) is 0 Å². The van der Waals surface area contributed by atoms with E-state index in [-0.39, 0.29) is 19.3 Å². The lowest BCUT2D eigenvalue weighted by molar-refractivity contribution is -0.142. The SMILES string of the molecule is CSCCC(NC(=O)C(C)NC(=O)C(N)CCC(=O)O)C(=O)O. The Morgan fingerprint density at radius 3 is 2.17 bits per heavy atom. The standard InChI is InChI=1S/C13H23N3O6S/c1-7(15-12(20)8(14)3-4-10(17)18)11(19)16-9(13(21)22)5-6-23-2/h7-9H,3-6,14H2,1-2H3,(H,15,20)(H,16,19)(H,17,18)(H,21,22). The minimum Gasteiger partial charge on any atom is -0.481 e. The molecule has 0 bridgehead atoms. The van der Waals surface area contributed by atoms with E-state index in [1.807, 2.05) is 6.26 Å². The molecule has 0 spiro atoms. The van der Waals surface area contributed by atoms with Crippen molar-refractivity contribution in [3.8, 4) is 0 Å². The average molecular weight is 349 g/mol. The van der Waals surface area contributed by atoms with Crippen LogP contribution in [0.5, 0.6) is 0 Å². The third-order valence-corrected chi connectivity index (χ3v) is 3.63. The van der Waals surface area contributed by atoms with Gasteiger partial charge >= 0.3 is 11.9 Å². The Kier molecular flexibility index (Phi) is 9.99. The maximum atomic E-state index is 11.9. The van der Waals surface area contributed by atoms with E-state index < -0.39 is 41.9 Å². The molecule has 0 radical (unpaired) electrons. The third-order valence-electron chi connectivity index (χ3n) is 2.98. The van der Waals surface area contributed by atoms with Crippen molar-refractivity contribution in [1.82, 2.24) is 10.6 Å². The average Bonchev–Trinajstić information content (AvgIpc) is 2.47. The van der Waals surface area contributed by atoms with Gasteiger partial charge in [-0.15, -0.1) is 0 Å². The van der Waals surface area contributed by atoms with Gasteiger partial charge in [-0.05, 0) is 31.8 Å². The highest BCUT2D eigenvalue weighted by Crippen LogP contribution is 2.02. The fourth-order valence-electron chi connectivity index (χ4n) is 1.59. The van der Waals surface area contributed by atoms with Crippen molar-refractivity contribution in [2.24, 2.45) is 5.73 Å². The first kappa shape index (κ1) is 21.2. The molecule has 0 aliphatic rings. The molecule has 0 aliphatic heterocycles. The van der Waals surface area contributed by atoms with Crippen LogP contribution in [0.3, 0.4) is 0 Å². The maximum absolute atomic E-state index is 11.9. The van der Waals surface area contributed by atoms with E-state index in [0.717, 1.165) is 0 Å². The Morgan fingerprint density at radius 2 is 1.70 bits per heavy atom. The molecule has 10 heteroatoms. The van der Waals surface area contributed by atoms with E-state index in [4.69, 9.17) is 15.9 Å². The van der Waals surface area contributed by atoms with Crippen molar-refractivity contribution in [1.29, 1.82) is 0 Å². The normalized spacial score (nSPS) is 14.4. The van der Waals surface area contributed by atoms with E-state index in [1.165, 1.54) is 18.7 Å². The number of hydrogen-bond acceptors (Lipinski definition) is 6. The van der Waals surface area contributed by atoms with Crippen molar-refractivity contribution < 1.29 is 29.4 Å². The molecule has 0 aromatic carbocycles. The van der Waals surface area contributed by atoms with Crippen LogP contribution < -0.4 is 16.4 Å². The molecule has 0 rings (SSSR count). The van der Waals surface area contributed by atoms with E-state index in [0.29, 0.717) is 5.75 Å². The number of hydrogen-bond donors (Lipinski definition) is 5. The first-order valence-electron chi connectivity index (χ1n) is 6.98. The minimum atomic E-state index is -1.15. The number of carbonyl (C=O) groups excluding carboxylic acids is 2. The number of thioether (sulfide) groups is 1. The van der Waals surface area contributed by atoms with E-state index in [9.17, 15) is 19.2 Å². The fourth-order valence-corrected chi connectivity index (χ4v) is 2.06. The van der Waals surface area contributed by atoms with Gasteiger partial charge in [-0.3, -0.25) is 14.4 Å². The molecule has 132 valence electrons. The second-order valence-electron chi connectivity index (χ2n) is 4.95. The van der Waals surface area contributed by atoms with Crippen LogP contribution in [0, 0.1) is 0 Å². The predicted molar refractivity (Wildman–Crippen MR) is 85.0 cm³/mol. The summed E-state index contributed by atoms with van der Waals surface area (Å²) in [7, 11) is 0. The highest BCUT2D eigenvalue weighted by Gasteiger charge is 2.25. The first-order valence-corrected chi connectivity index (χ1v) is 8.38. The molecule has 2 amide bonds. The van der Waals surface area contributed by atoms with Crippen LogP contribution >= 0.6 is 11.8 Å². The monoisotopic (exact) mass is 349 g/mol. The number of aliphatic carboxylic acids is 2. The summed E-state index contributed by atoms with van der Waals surface area (Å²) in [6.45, 7) is 1.39. The van der Waals surface area contributed by atoms with Gasteiger partial charge in [0.25, 0.3) is 0 Å². The highest BCUT2D eigenvalue weighted by atomic mass is 32.2. The quantitative estimate of drug-likeness (QED) is 0.318. The first-order chi connectivity index (χ1) is 10.7. The zero-order valence-corrected chi connectivity index (χ0v) is 13.9. The van der Waals surface area contributed by atoms with Gasteiger partial charge in [-0.1, -0.05) is 0 Å². The number of carboxylic acids is 2. The van der Waals surface area contributed by atoms with Gasteiger partial charge in [-0.25, -0.2) is 4.79 Å². The second kappa shape index (κ2) is 10.8. The summed E-state index contributed by atoms with van der Waals surface area (Å²) in [6.07, 6.45) is 1.77. The van der Waals surface area contributed by atoms with E-state index in [2.05, 4.69) is 10.6 Å². The van der Waals surface area contributed by atoms with Crippen LogP contribution in [0.25, 0.3) is 0 Å². The summed E-state index contributed by atoms with van der Waals surface area (Å²) in [5.41, 5.74) is 5.53. The second-order valence-corrected chi connectivity index (χ2v) is 5.94. The number of rotatable bonds is 11. The number of carboxylic acid groups (broad SMARTS) is 2.